The summed E-state index contributed by atoms with van der Waals surface area (Å²) in [5, 5.41) is 6.84. The Morgan fingerprint density at radius 1 is 1.35 bits per heavy atom. The summed E-state index contributed by atoms with van der Waals surface area (Å²) in [7, 11) is 3.52. The highest BCUT2D eigenvalue weighted by atomic mass is 127. The normalized spacial score (nSPS) is 17.7. The summed E-state index contributed by atoms with van der Waals surface area (Å²) in [5.41, 5.74) is 1.65. The summed E-state index contributed by atoms with van der Waals surface area (Å²) in [6, 6.07) is 8.96. The van der Waals surface area contributed by atoms with E-state index in [4.69, 9.17) is 4.74 Å². The molecule has 1 fully saturated rings. The predicted octanol–water partition coefficient (Wildman–Crippen LogP) is 3.69. The van der Waals surface area contributed by atoms with Gasteiger partial charge in [0.05, 0.1) is 6.61 Å². The minimum Gasteiger partial charge on any atom is -0.383 e. The van der Waals surface area contributed by atoms with Gasteiger partial charge in [-0.05, 0) is 37.5 Å². The van der Waals surface area contributed by atoms with E-state index < -0.39 is 0 Å². The van der Waals surface area contributed by atoms with Crippen molar-refractivity contribution in [3.05, 3.63) is 34.3 Å². The third kappa shape index (κ3) is 5.60. The number of rotatable bonds is 6. The Balaban J connectivity index is 0.00000264. The fourth-order valence-corrected chi connectivity index (χ4v) is 3.21. The number of ether oxygens (including phenoxy) is 1. The van der Waals surface area contributed by atoms with Crippen molar-refractivity contribution in [2.24, 2.45) is 4.99 Å². The van der Waals surface area contributed by atoms with Gasteiger partial charge in [0.2, 0.25) is 0 Å². The molecule has 0 aromatic heterocycles. The summed E-state index contributed by atoms with van der Waals surface area (Å²) in [6.45, 7) is 3.66. The van der Waals surface area contributed by atoms with E-state index in [1.54, 1.807) is 7.11 Å². The maximum atomic E-state index is 5.16. The summed E-state index contributed by atoms with van der Waals surface area (Å²) in [5.74, 6) is 0.841. The van der Waals surface area contributed by atoms with E-state index in [-0.39, 0.29) is 35.4 Å². The van der Waals surface area contributed by atoms with Crippen molar-refractivity contribution in [2.45, 2.75) is 37.6 Å². The van der Waals surface area contributed by atoms with Crippen molar-refractivity contribution in [3.8, 4) is 0 Å². The van der Waals surface area contributed by atoms with Crippen LogP contribution in [0.25, 0.3) is 0 Å². The van der Waals surface area contributed by atoms with Crippen LogP contribution in [-0.4, -0.2) is 39.3 Å². The molecule has 1 aromatic rings. The quantitative estimate of drug-likeness (QED) is 0.359. The topological polar surface area (TPSA) is 45.7 Å². The Bertz CT molecular complexity index is 503. The summed E-state index contributed by atoms with van der Waals surface area (Å²) in [4.78, 5) is 4.31. The molecule has 0 amide bonds. The molecule has 0 spiro atoms. The van der Waals surface area contributed by atoms with Crippen molar-refractivity contribution in [2.75, 3.05) is 27.3 Å². The fourth-order valence-electron chi connectivity index (χ4n) is 2.95. The van der Waals surface area contributed by atoms with Gasteiger partial charge in [0, 0.05) is 36.6 Å². The number of nitrogens with one attached hydrogen (secondary N) is 2. The molecular weight excluding hydrogens is 469 g/mol. The number of nitrogens with zero attached hydrogens (tertiary/aromatic N) is 1. The highest BCUT2D eigenvalue weighted by molar-refractivity contribution is 14.0. The molecule has 1 aliphatic rings. The Hall–Kier alpha value is -0.340. The Morgan fingerprint density at radius 2 is 2.00 bits per heavy atom. The first kappa shape index (κ1) is 20.7. The van der Waals surface area contributed by atoms with Gasteiger partial charge in [0.25, 0.3) is 0 Å². The largest absolute Gasteiger partial charge is 0.383 e. The minimum atomic E-state index is 0. The van der Waals surface area contributed by atoms with E-state index in [9.17, 15) is 0 Å². The Morgan fingerprint density at radius 3 is 2.48 bits per heavy atom. The van der Waals surface area contributed by atoms with Gasteiger partial charge in [-0.15, -0.1) is 24.0 Å². The third-order valence-corrected chi connectivity index (χ3v) is 4.91. The maximum absolute atomic E-state index is 5.16. The van der Waals surface area contributed by atoms with Crippen LogP contribution in [-0.2, 0) is 10.2 Å². The van der Waals surface area contributed by atoms with Crippen LogP contribution in [0.1, 0.15) is 31.7 Å². The van der Waals surface area contributed by atoms with Crippen LogP contribution in [0.4, 0.5) is 0 Å². The molecule has 0 heterocycles. The van der Waals surface area contributed by atoms with Crippen LogP contribution in [0.2, 0.25) is 0 Å². The standard InChI is InChI=1S/C17H26BrN3O.HI/c1-13(11-22-3)21-16(19-2)20-12-17(9-4-10-17)14-5-7-15(18)8-6-14;/h5-8,13H,4,9-12H2,1-3H3,(H2,19,20,21);1H. The first-order chi connectivity index (χ1) is 10.6. The molecule has 1 atom stereocenters. The lowest BCUT2D eigenvalue weighted by Gasteiger charge is -2.43. The number of hydrogen-bond acceptors (Lipinski definition) is 2. The molecule has 1 aromatic carbocycles. The number of benzene rings is 1. The molecule has 2 N–H and O–H groups in total. The van der Waals surface area contributed by atoms with Crippen molar-refractivity contribution < 1.29 is 4.74 Å². The van der Waals surface area contributed by atoms with Gasteiger partial charge >= 0.3 is 0 Å². The zero-order chi connectivity index (χ0) is 16.0. The lowest BCUT2D eigenvalue weighted by Crippen LogP contribution is -2.51. The molecule has 0 saturated heterocycles. The van der Waals surface area contributed by atoms with Gasteiger partial charge in [-0.1, -0.05) is 34.5 Å². The summed E-state index contributed by atoms with van der Waals surface area (Å²) < 4.78 is 6.29. The second kappa shape index (κ2) is 9.84. The first-order valence-corrected chi connectivity index (χ1v) is 8.61. The average molecular weight is 496 g/mol. The third-order valence-electron chi connectivity index (χ3n) is 4.38. The highest BCUT2D eigenvalue weighted by Gasteiger charge is 2.38. The van der Waals surface area contributed by atoms with Crippen LogP contribution < -0.4 is 10.6 Å². The number of guanidine groups is 1. The number of aliphatic imine (C=N–C) groups is 1. The van der Waals surface area contributed by atoms with Gasteiger partial charge < -0.3 is 15.4 Å². The Kier molecular flexibility index (Phi) is 8.85. The lowest BCUT2D eigenvalue weighted by atomic mass is 9.64. The molecule has 1 saturated carbocycles. The van der Waals surface area contributed by atoms with Gasteiger partial charge in [-0.25, -0.2) is 0 Å². The molecule has 6 heteroatoms. The number of halogens is 2. The van der Waals surface area contributed by atoms with Crippen LogP contribution in [0.3, 0.4) is 0 Å². The number of methoxy groups -OCH3 is 1. The summed E-state index contributed by atoms with van der Waals surface area (Å²) >= 11 is 3.51. The lowest BCUT2D eigenvalue weighted by molar-refractivity contribution is 0.178. The van der Waals surface area contributed by atoms with Crippen molar-refractivity contribution in [3.63, 3.8) is 0 Å². The van der Waals surface area contributed by atoms with Crippen molar-refractivity contribution in [1.82, 2.24) is 10.6 Å². The monoisotopic (exact) mass is 495 g/mol. The zero-order valence-corrected chi connectivity index (χ0v) is 18.0. The van der Waals surface area contributed by atoms with Gasteiger partial charge in [-0.3, -0.25) is 4.99 Å². The van der Waals surface area contributed by atoms with E-state index in [0.717, 1.165) is 17.0 Å². The van der Waals surface area contributed by atoms with Crippen molar-refractivity contribution >= 4 is 45.9 Å². The molecule has 2 rings (SSSR count). The van der Waals surface area contributed by atoms with E-state index in [0.29, 0.717) is 6.61 Å². The molecule has 23 heavy (non-hydrogen) atoms. The number of hydrogen-bond donors (Lipinski definition) is 2. The van der Waals surface area contributed by atoms with E-state index in [1.807, 2.05) is 7.05 Å². The van der Waals surface area contributed by atoms with Crippen LogP contribution in [0.5, 0.6) is 0 Å². The molecule has 130 valence electrons. The van der Waals surface area contributed by atoms with E-state index in [2.05, 4.69) is 62.7 Å². The maximum Gasteiger partial charge on any atom is 0.191 e. The zero-order valence-electron chi connectivity index (χ0n) is 14.1. The first-order valence-electron chi connectivity index (χ1n) is 7.82. The van der Waals surface area contributed by atoms with Crippen molar-refractivity contribution in [1.29, 1.82) is 0 Å². The van der Waals surface area contributed by atoms with Gasteiger partial charge in [0.1, 0.15) is 0 Å². The minimum absolute atomic E-state index is 0. The van der Waals surface area contributed by atoms with E-state index >= 15 is 0 Å². The van der Waals surface area contributed by atoms with Crippen LogP contribution in [0.15, 0.2) is 33.7 Å². The smallest absolute Gasteiger partial charge is 0.191 e. The second-order valence-electron chi connectivity index (χ2n) is 6.07. The van der Waals surface area contributed by atoms with Crippen LogP contribution >= 0.6 is 39.9 Å². The average Bonchev–Trinajstić information content (AvgIpc) is 2.46. The van der Waals surface area contributed by atoms with Crippen LogP contribution in [0, 0.1) is 0 Å². The molecule has 0 aliphatic heterocycles. The second-order valence-corrected chi connectivity index (χ2v) is 6.98. The van der Waals surface area contributed by atoms with Gasteiger partial charge in [-0.2, -0.15) is 0 Å². The SMILES string of the molecule is CN=C(NCC1(c2ccc(Br)cc2)CCC1)NC(C)COC.I. The van der Waals surface area contributed by atoms with Gasteiger partial charge in [0.15, 0.2) is 5.96 Å². The molecule has 0 radical (unpaired) electrons. The van der Waals surface area contributed by atoms with E-state index in [1.165, 1.54) is 24.8 Å². The molecular formula is C17H27BrIN3O. The predicted molar refractivity (Wildman–Crippen MR) is 111 cm³/mol. The molecule has 0 bridgehead atoms. The fraction of sp³-hybridized carbons (Fsp3) is 0.588. The molecule has 4 nitrogen and oxygen atoms in total. The highest BCUT2D eigenvalue weighted by Crippen LogP contribution is 2.43. The summed E-state index contributed by atoms with van der Waals surface area (Å²) in [6.07, 6.45) is 3.75. The molecule has 1 unspecified atom stereocenters. The Labute approximate surface area is 165 Å². The molecule has 1 aliphatic carbocycles.